The van der Waals surface area contributed by atoms with Crippen molar-refractivity contribution in [1.82, 2.24) is 0 Å². The molecule has 0 aliphatic heterocycles. The highest BCUT2D eigenvalue weighted by Crippen LogP contribution is 2.59. The number of carbonyl (C=O) groups excluding carboxylic acids is 2. The van der Waals surface area contributed by atoms with Crippen LogP contribution in [0.1, 0.15) is 19.4 Å². The molecule has 0 saturated heterocycles. The molecule has 1 saturated carbocycles. The van der Waals surface area contributed by atoms with E-state index in [9.17, 15) is 9.59 Å². The zero-order chi connectivity index (χ0) is 14.8. The molecule has 0 spiro atoms. The summed E-state index contributed by atoms with van der Waals surface area (Å²) in [6.45, 7) is 4.17. The van der Waals surface area contributed by atoms with E-state index in [0.717, 1.165) is 5.56 Å². The Bertz CT molecular complexity index is 534. The summed E-state index contributed by atoms with van der Waals surface area (Å²) in [6.07, 6.45) is 3.10. The van der Waals surface area contributed by atoms with Crippen molar-refractivity contribution in [3.05, 3.63) is 48.0 Å². The lowest BCUT2D eigenvalue weighted by Crippen LogP contribution is -2.01. The predicted octanol–water partition coefficient (Wildman–Crippen LogP) is 3.32. The van der Waals surface area contributed by atoms with Gasteiger partial charge in [-0.2, -0.15) is 0 Å². The summed E-state index contributed by atoms with van der Waals surface area (Å²) in [5.41, 5.74) is 0.768. The molecule has 0 aromatic heterocycles. The Hall–Kier alpha value is -1.61. The SMILES string of the molecule is CC1(C)C(/C=C\C(=O)OCc2ccccc2)C1C(=O)Cl. The van der Waals surface area contributed by atoms with Gasteiger partial charge >= 0.3 is 5.97 Å². The maximum Gasteiger partial charge on any atom is 0.330 e. The average molecular weight is 293 g/mol. The second-order valence-electron chi connectivity index (χ2n) is 5.58. The van der Waals surface area contributed by atoms with E-state index in [-0.39, 0.29) is 29.1 Å². The van der Waals surface area contributed by atoms with Crippen molar-refractivity contribution in [3.8, 4) is 0 Å². The van der Waals surface area contributed by atoms with Gasteiger partial charge in [-0.3, -0.25) is 4.79 Å². The van der Waals surface area contributed by atoms with Gasteiger partial charge < -0.3 is 4.74 Å². The Morgan fingerprint density at radius 2 is 1.95 bits per heavy atom. The maximum absolute atomic E-state index is 11.6. The predicted molar refractivity (Wildman–Crippen MR) is 77.0 cm³/mol. The molecule has 0 heterocycles. The van der Waals surface area contributed by atoms with Gasteiger partial charge in [0.25, 0.3) is 0 Å². The number of rotatable bonds is 5. The zero-order valence-electron chi connectivity index (χ0n) is 11.5. The third-order valence-corrected chi connectivity index (χ3v) is 4.05. The van der Waals surface area contributed by atoms with Gasteiger partial charge in [-0.25, -0.2) is 4.79 Å². The fourth-order valence-electron chi connectivity index (χ4n) is 2.43. The minimum Gasteiger partial charge on any atom is -0.458 e. The van der Waals surface area contributed by atoms with Crippen LogP contribution >= 0.6 is 11.6 Å². The highest BCUT2D eigenvalue weighted by atomic mass is 35.5. The molecule has 1 aromatic carbocycles. The van der Waals surface area contributed by atoms with Crippen LogP contribution < -0.4 is 0 Å². The fourth-order valence-corrected chi connectivity index (χ4v) is 2.85. The third kappa shape index (κ3) is 3.28. The van der Waals surface area contributed by atoms with E-state index in [1.165, 1.54) is 6.08 Å². The molecule has 2 rings (SSSR count). The van der Waals surface area contributed by atoms with Gasteiger partial charge in [0.15, 0.2) is 0 Å². The van der Waals surface area contributed by atoms with Crippen molar-refractivity contribution >= 4 is 22.8 Å². The van der Waals surface area contributed by atoms with E-state index in [1.54, 1.807) is 6.08 Å². The van der Waals surface area contributed by atoms with Crippen LogP contribution in [0, 0.1) is 17.3 Å². The Morgan fingerprint density at radius 3 is 2.50 bits per heavy atom. The molecule has 1 aliphatic rings. The fraction of sp³-hybridized carbons (Fsp3) is 0.375. The lowest BCUT2D eigenvalue weighted by Gasteiger charge is -2.01. The molecule has 4 heteroatoms. The molecule has 2 atom stereocenters. The van der Waals surface area contributed by atoms with E-state index >= 15 is 0 Å². The number of hydrogen-bond donors (Lipinski definition) is 0. The van der Waals surface area contributed by atoms with Crippen molar-refractivity contribution in [1.29, 1.82) is 0 Å². The topological polar surface area (TPSA) is 43.4 Å². The van der Waals surface area contributed by atoms with E-state index in [1.807, 2.05) is 44.2 Å². The highest BCUT2D eigenvalue weighted by molar-refractivity contribution is 6.64. The summed E-state index contributed by atoms with van der Waals surface area (Å²) >= 11 is 5.52. The van der Waals surface area contributed by atoms with Crippen molar-refractivity contribution in [2.45, 2.75) is 20.5 Å². The molecule has 1 aliphatic carbocycles. The molecule has 0 N–H and O–H groups in total. The summed E-state index contributed by atoms with van der Waals surface area (Å²) in [7, 11) is 0. The first-order valence-electron chi connectivity index (χ1n) is 6.51. The Kier molecular flexibility index (Phi) is 4.29. The minimum atomic E-state index is -0.405. The maximum atomic E-state index is 11.6. The van der Waals surface area contributed by atoms with E-state index in [0.29, 0.717) is 0 Å². The summed E-state index contributed by atoms with van der Waals surface area (Å²) < 4.78 is 5.13. The van der Waals surface area contributed by atoms with Crippen LogP contribution in [-0.4, -0.2) is 11.2 Å². The van der Waals surface area contributed by atoms with Gasteiger partial charge in [-0.15, -0.1) is 0 Å². The summed E-state index contributed by atoms with van der Waals surface area (Å²) in [4.78, 5) is 22.8. The van der Waals surface area contributed by atoms with Crippen LogP contribution in [0.25, 0.3) is 0 Å². The molecule has 3 nitrogen and oxygen atoms in total. The van der Waals surface area contributed by atoms with E-state index in [2.05, 4.69) is 0 Å². The molecule has 0 bridgehead atoms. The molecule has 2 unspecified atom stereocenters. The first-order valence-corrected chi connectivity index (χ1v) is 6.89. The second-order valence-corrected chi connectivity index (χ2v) is 5.95. The molecule has 0 amide bonds. The standard InChI is InChI=1S/C16H17ClO3/c1-16(2)12(14(16)15(17)19)8-9-13(18)20-10-11-6-4-3-5-7-11/h3-9,12,14H,10H2,1-2H3/b9-8-. The third-order valence-electron chi connectivity index (χ3n) is 3.82. The molecular formula is C16H17ClO3. The number of carbonyl (C=O) groups is 2. The highest BCUT2D eigenvalue weighted by Gasteiger charge is 2.59. The van der Waals surface area contributed by atoms with Crippen molar-refractivity contribution in [2.75, 3.05) is 0 Å². The van der Waals surface area contributed by atoms with Gasteiger partial charge in [0.05, 0.1) is 0 Å². The first-order chi connectivity index (χ1) is 9.43. The number of ether oxygens (including phenoxy) is 1. The molecule has 1 aromatic rings. The van der Waals surface area contributed by atoms with Crippen molar-refractivity contribution in [2.24, 2.45) is 17.3 Å². The smallest absolute Gasteiger partial charge is 0.330 e. The van der Waals surface area contributed by atoms with Gasteiger partial charge in [-0.1, -0.05) is 50.3 Å². The normalized spacial score (nSPS) is 23.6. The van der Waals surface area contributed by atoms with Gasteiger partial charge in [0.2, 0.25) is 5.24 Å². The molecule has 1 fully saturated rings. The largest absolute Gasteiger partial charge is 0.458 e. The number of halogens is 1. The van der Waals surface area contributed by atoms with Gasteiger partial charge in [-0.05, 0) is 28.5 Å². The van der Waals surface area contributed by atoms with Crippen LogP contribution in [0.3, 0.4) is 0 Å². The number of allylic oxidation sites excluding steroid dienone is 1. The Balaban J connectivity index is 1.84. The van der Waals surface area contributed by atoms with Crippen LogP contribution in [0.5, 0.6) is 0 Å². The molecular weight excluding hydrogens is 276 g/mol. The minimum absolute atomic E-state index is 0.0109. The lowest BCUT2D eigenvalue weighted by molar-refractivity contribution is -0.139. The van der Waals surface area contributed by atoms with Crippen LogP contribution in [-0.2, 0) is 20.9 Å². The lowest BCUT2D eigenvalue weighted by atomic mass is 10.1. The summed E-state index contributed by atoms with van der Waals surface area (Å²) in [5, 5.41) is -0.345. The molecule has 106 valence electrons. The first kappa shape index (κ1) is 14.8. The van der Waals surface area contributed by atoms with E-state index < -0.39 is 5.97 Å². The van der Waals surface area contributed by atoms with Crippen molar-refractivity contribution in [3.63, 3.8) is 0 Å². The van der Waals surface area contributed by atoms with Crippen LogP contribution in [0.2, 0.25) is 0 Å². The number of benzene rings is 1. The number of hydrogen-bond acceptors (Lipinski definition) is 3. The Labute approximate surface area is 123 Å². The second kappa shape index (κ2) is 5.80. The monoisotopic (exact) mass is 292 g/mol. The van der Waals surface area contributed by atoms with Gasteiger partial charge in [0, 0.05) is 12.0 Å². The van der Waals surface area contributed by atoms with Crippen LogP contribution in [0.15, 0.2) is 42.5 Å². The molecule has 20 heavy (non-hydrogen) atoms. The summed E-state index contributed by atoms with van der Waals surface area (Å²) in [6, 6.07) is 9.47. The average Bonchev–Trinajstić information content (AvgIpc) is 2.97. The van der Waals surface area contributed by atoms with Crippen LogP contribution in [0.4, 0.5) is 0 Å². The molecule has 0 radical (unpaired) electrons. The number of esters is 1. The Morgan fingerprint density at radius 1 is 1.30 bits per heavy atom. The summed E-state index contributed by atoms with van der Waals surface area (Å²) in [5.74, 6) is -0.601. The van der Waals surface area contributed by atoms with Gasteiger partial charge in [0.1, 0.15) is 6.61 Å². The quantitative estimate of drug-likeness (QED) is 0.475. The zero-order valence-corrected chi connectivity index (χ0v) is 12.3. The van der Waals surface area contributed by atoms with E-state index in [4.69, 9.17) is 16.3 Å². The van der Waals surface area contributed by atoms with Crippen molar-refractivity contribution < 1.29 is 14.3 Å².